The molecule has 0 radical (unpaired) electrons. The van der Waals surface area contributed by atoms with Crippen LogP contribution in [0.4, 0.5) is 0 Å². The van der Waals surface area contributed by atoms with Crippen molar-refractivity contribution >= 4 is 17.4 Å². The molecule has 0 spiro atoms. The van der Waals surface area contributed by atoms with Crippen LogP contribution in [0.5, 0.6) is 0 Å². The largest absolute Gasteiger partial charge is 0.294 e. The van der Waals surface area contributed by atoms with Crippen LogP contribution in [0.1, 0.15) is 22.3 Å². The minimum atomic E-state index is 0.255. The molecule has 0 amide bonds. The van der Waals surface area contributed by atoms with Crippen LogP contribution in [-0.4, -0.2) is 5.78 Å². The van der Waals surface area contributed by atoms with Crippen molar-refractivity contribution in [2.45, 2.75) is 12.8 Å². The van der Waals surface area contributed by atoms with Crippen molar-refractivity contribution in [3.63, 3.8) is 0 Å². The van der Waals surface area contributed by atoms with E-state index in [1.807, 2.05) is 42.5 Å². The van der Waals surface area contributed by atoms with Gasteiger partial charge in [-0.3, -0.25) is 4.79 Å². The lowest BCUT2D eigenvalue weighted by atomic mass is 9.97. The number of hydrogen-bond acceptors (Lipinski definition) is 1. The summed E-state index contributed by atoms with van der Waals surface area (Å²) in [7, 11) is 0. The van der Waals surface area contributed by atoms with Gasteiger partial charge in [-0.2, -0.15) is 0 Å². The summed E-state index contributed by atoms with van der Waals surface area (Å²) in [5, 5.41) is 0.715. The number of aryl methyl sites for hydroxylation is 1. The van der Waals surface area contributed by atoms with E-state index in [-0.39, 0.29) is 5.78 Å². The molecule has 0 atom stereocenters. The van der Waals surface area contributed by atoms with Crippen molar-refractivity contribution < 1.29 is 4.79 Å². The smallest absolute Gasteiger partial charge is 0.164 e. The van der Waals surface area contributed by atoms with Gasteiger partial charge in [0, 0.05) is 17.0 Å². The van der Waals surface area contributed by atoms with Crippen molar-refractivity contribution in [2.75, 3.05) is 0 Å². The van der Waals surface area contributed by atoms with Gasteiger partial charge in [0.05, 0.1) is 0 Å². The molecule has 0 heterocycles. The summed E-state index contributed by atoms with van der Waals surface area (Å²) >= 11 is 5.88. The third kappa shape index (κ3) is 1.77. The topological polar surface area (TPSA) is 17.1 Å². The molecule has 0 N–H and O–H groups in total. The number of halogens is 1. The Balaban J connectivity index is 2.19. The van der Waals surface area contributed by atoms with Crippen LogP contribution >= 0.6 is 11.6 Å². The Hall–Kier alpha value is -1.60. The van der Waals surface area contributed by atoms with Gasteiger partial charge in [0.1, 0.15) is 0 Å². The zero-order chi connectivity index (χ0) is 11.8. The molecule has 0 fully saturated rings. The number of carbonyl (C=O) groups is 1. The van der Waals surface area contributed by atoms with Crippen molar-refractivity contribution in [1.29, 1.82) is 0 Å². The van der Waals surface area contributed by atoms with Crippen LogP contribution in [0.2, 0.25) is 5.02 Å². The molecule has 2 aromatic carbocycles. The van der Waals surface area contributed by atoms with Crippen molar-refractivity contribution in [1.82, 2.24) is 0 Å². The average molecular weight is 243 g/mol. The molecule has 1 aliphatic carbocycles. The molecule has 0 bridgehead atoms. The first kappa shape index (κ1) is 10.5. The normalized spacial score (nSPS) is 13.8. The van der Waals surface area contributed by atoms with E-state index < -0.39 is 0 Å². The number of carbonyl (C=O) groups excluding carboxylic acids is 1. The first-order valence-corrected chi connectivity index (χ1v) is 6.04. The predicted molar refractivity (Wildman–Crippen MR) is 69.5 cm³/mol. The number of hydrogen-bond donors (Lipinski definition) is 0. The van der Waals surface area contributed by atoms with Crippen molar-refractivity contribution in [3.05, 3.63) is 58.6 Å². The van der Waals surface area contributed by atoms with Crippen LogP contribution in [0.3, 0.4) is 0 Å². The highest BCUT2D eigenvalue weighted by molar-refractivity contribution is 6.30. The summed E-state index contributed by atoms with van der Waals surface area (Å²) in [6.07, 6.45) is 1.51. The SMILES string of the molecule is O=C1CCc2cccc(-c3ccc(Cl)cc3)c21. The minimum Gasteiger partial charge on any atom is -0.294 e. The summed E-state index contributed by atoms with van der Waals surface area (Å²) < 4.78 is 0. The molecule has 0 aliphatic heterocycles. The molecule has 84 valence electrons. The number of ketones is 1. The molecule has 1 aliphatic rings. The fourth-order valence-corrected chi connectivity index (χ4v) is 2.51. The van der Waals surface area contributed by atoms with Gasteiger partial charge in [-0.15, -0.1) is 0 Å². The Kier molecular flexibility index (Phi) is 2.49. The molecule has 2 heteroatoms. The van der Waals surface area contributed by atoms with E-state index in [4.69, 9.17) is 11.6 Å². The lowest BCUT2D eigenvalue weighted by Crippen LogP contribution is -1.95. The third-order valence-electron chi connectivity index (χ3n) is 3.21. The summed E-state index contributed by atoms with van der Waals surface area (Å²) in [6.45, 7) is 0. The summed E-state index contributed by atoms with van der Waals surface area (Å²) in [6, 6.07) is 13.7. The van der Waals surface area contributed by atoms with E-state index >= 15 is 0 Å². The van der Waals surface area contributed by atoms with Gasteiger partial charge < -0.3 is 0 Å². The Labute approximate surface area is 105 Å². The number of fused-ring (bicyclic) bond motifs is 1. The Morgan fingerprint density at radius 3 is 2.47 bits per heavy atom. The number of Topliss-reactive ketones (excluding diaryl/α,β-unsaturated/α-hetero) is 1. The van der Waals surface area contributed by atoms with E-state index in [0.29, 0.717) is 11.4 Å². The molecule has 1 nitrogen and oxygen atoms in total. The molecule has 0 unspecified atom stereocenters. The second kappa shape index (κ2) is 4.01. The van der Waals surface area contributed by atoms with Gasteiger partial charge in [-0.25, -0.2) is 0 Å². The monoisotopic (exact) mass is 242 g/mol. The van der Waals surface area contributed by atoms with Gasteiger partial charge in [0.25, 0.3) is 0 Å². The molecule has 3 rings (SSSR count). The summed E-state index contributed by atoms with van der Waals surface area (Å²) in [5.74, 6) is 0.255. The number of benzene rings is 2. The second-order valence-corrected chi connectivity index (χ2v) is 4.71. The zero-order valence-electron chi connectivity index (χ0n) is 9.24. The second-order valence-electron chi connectivity index (χ2n) is 4.27. The van der Waals surface area contributed by atoms with Crippen LogP contribution < -0.4 is 0 Å². The molecule has 17 heavy (non-hydrogen) atoms. The van der Waals surface area contributed by atoms with E-state index in [9.17, 15) is 4.79 Å². The highest BCUT2D eigenvalue weighted by Crippen LogP contribution is 2.32. The molecule has 0 saturated carbocycles. The van der Waals surface area contributed by atoms with Crippen LogP contribution in [0, 0.1) is 0 Å². The fraction of sp³-hybridized carbons (Fsp3) is 0.133. The van der Waals surface area contributed by atoms with E-state index in [0.717, 1.165) is 23.1 Å². The van der Waals surface area contributed by atoms with Gasteiger partial charge in [-0.05, 0) is 35.2 Å². The van der Waals surface area contributed by atoms with Crippen molar-refractivity contribution in [3.8, 4) is 11.1 Å². The Morgan fingerprint density at radius 2 is 1.71 bits per heavy atom. The lowest BCUT2D eigenvalue weighted by molar-refractivity contribution is 0.0995. The highest BCUT2D eigenvalue weighted by atomic mass is 35.5. The van der Waals surface area contributed by atoms with Crippen LogP contribution in [0.25, 0.3) is 11.1 Å². The zero-order valence-corrected chi connectivity index (χ0v) is 10.00. The quantitative estimate of drug-likeness (QED) is 0.735. The Morgan fingerprint density at radius 1 is 0.941 bits per heavy atom. The van der Waals surface area contributed by atoms with Gasteiger partial charge >= 0.3 is 0 Å². The van der Waals surface area contributed by atoms with Crippen LogP contribution in [0.15, 0.2) is 42.5 Å². The lowest BCUT2D eigenvalue weighted by Gasteiger charge is -2.07. The first-order chi connectivity index (χ1) is 8.25. The Bertz CT molecular complexity index is 584. The standard InChI is InChI=1S/C15H11ClO/c16-12-7-4-10(5-8-12)13-3-1-2-11-6-9-14(17)15(11)13/h1-5,7-8H,6,9H2. The van der Waals surface area contributed by atoms with Gasteiger partial charge in [-0.1, -0.05) is 41.9 Å². The highest BCUT2D eigenvalue weighted by Gasteiger charge is 2.22. The van der Waals surface area contributed by atoms with E-state index in [1.54, 1.807) is 0 Å². The van der Waals surface area contributed by atoms with E-state index in [2.05, 4.69) is 0 Å². The van der Waals surface area contributed by atoms with Gasteiger partial charge in [0.2, 0.25) is 0 Å². The molecule has 0 aromatic heterocycles. The van der Waals surface area contributed by atoms with E-state index in [1.165, 1.54) is 5.56 Å². The van der Waals surface area contributed by atoms with Gasteiger partial charge in [0.15, 0.2) is 5.78 Å². The fourth-order valence-electron chi connectivity index (χ4n) is 2.38. The average Bonchev–Trinajstić information content (AvgIpc) is 2.73. The molecule has 0 saturated heterocycles. The molecular weight excluding hydrogens is 232 g/mol. The maximum absolute atomic E-state index is 11.9. The first-order valence-electron chi connectivity index (χ1n) is 5.67. The maximum Gasteiger partial charge on any atom is 0.164 e. The molecule has 2 aromatic rings. The summed E-state index contributed by atoms with van der Waals surface area (Å²) in [5.41, 5.74) is 4.15. The van der Waals surface area contributed by atoms with Crippen LogP contribution in [-0.2, 0) is 6.42 Å². The van der Waals surface area contributed by atoms with Crippen molar-refractivity contribution in [2.24, 2.45) is 0 Å². The molecular formula is C15H11ClO. The minimum absolute atomic E-state index is 0.255. The number of rotatable bonds is 1. The third-order valence-corrected chi connectivity index (χ3v) is 3.46. The summed E-state index contributed by atoms with van der Waals surface area (Å²) in [4.78, 5) is 11.9. The predicted octanol–water partition coefficient (Wildman–Crippen LogP) is 4.14. The maximum atomic E-state index is 11.9.